The lowest BCUT2D eigenvalue weighted by atomic mass is 10.1. The summed E-state index contributed by atoms with van der Waals surface area (Å²) in [6.45, 7) is 2.67. The van der Waals surface area contributed by atoms with Gasteiger partial charge in [-0.25, -0.2) is 0 Å². The maximum atomic E-state index is 11.8. The zero-order chi connectivity index (χ0) is 16.2. The third-order valence-corrected chi connectivity index (χ3v) is 3.57. The van der Waals surface area contributed by atoms with Gasteiger partial charge in [0, 0.05) is 20.1 Å². The van der Waals surface area contributed by atoms with Crippen molar-refractivity contribution < 1.29 is 19.4 Å². The molecule has 0 radical (unpaired) electrons. The standard InChI is InChI=1S/C18H28O4/c1-15-7-9-16(10-8-15)11-12-17(14-21-2)22-18(20)6-4-3-5-13-19/h7-10,17,19H,3-6,11-14H2,1-2H3. The quantitative estimate of drug-likeness (QED) is 0.504. The van der Waals surface area contributed by atoms with Crippen molar-refractivity contribution in [3.8, 4) is 0 Å². The number of benzene rings is 1. The first-order valence-electron chi connectivity index (χ1n) is 8.00. The highest BCUT2D eigenvalue weighted by atomic mass is 16.6. The van der Waals surface area contributed by atoms with Crippen LogP contribution in [0.4, 0.5) is 0 Å². The van der Waals surface area contributed by atoms with Gasteiger partial charge in [0.05, 0.1) is 6.61 Å². The molecular weight excluding hydrogens is 280 g/mol. The Hall–Kier alpha value is -1.39. The molecule has 0 fully saturated rings. The molecule has 1 aromatic carbocycles. The summed E-state index contributed by atoms with van der Waals surface area (Å²) in [7, 11) is 1.62. The van der Waals surface area contributed by atoms with Crippen LogP contribution in [0.5, 0.6) is 0 Å². The maximum Gasteiger partial charge on any atom is 0.306 e. The van der Waals surface area contributed by atoms with Gasteiger partial charge >= 0.3 is 5.97 Å². The number of aryl methyl sites for hydroxylation is 2. The third-order valence-electron chi connectivity index (χ3n) is 3.57. The molecule has 1 atom stereocenters. The molecule has 4 heteroatoms. The van der Waals surface area contributed by atoms with Crippen LogP contribution in [-0.2, 0) is 20.7 Å². The summed E-state index contributed by atoms with van der Waals surface area (Å²) >= 11 is 0. The topological polar surface area (TPSA) is 55.8 Å². The second kappa shape index (κ2) is 11.2. The van der Waals surface area contributed by atoms with Gasteiger partial charge in [-0.05, 0) is 38.2 Å². The van der Waals surface area contributed by atoms with Gasteiger partial charge < -0.3 is 14.6 Å². The van der Waals surface area contributed by atoms with E-state index in [0.717, 1.165) is 32.1 Å². The number of aliphatic hydroxyl groups excluding tert-OH is 1. The number of carbonyl (C=O) groups is 1. The number of esters is 1. The highest BCUT2D eigenvalue weighted by Gasteiger charge is 2.14. The number of carbonyl (C=O) groups excluding carboxylic acids is 1. The van der Waals surface area contributed by atoms with Gasteiger partial charge in [-0.15, -0.1) is 0 Å². The van der Waals surface area contributed by atoms with Crippen molar-refractivity contribution in [2.24, 2.45) is 0 Å². The van der Waals surface area contributed by atoms with Gasteiger partial charge in [0.1, 0.15) is 6.10 Å². The number of methoxy groups -OCH3 is 1. The molecule has 0 saturated carbocycles. The van der Waals surface area contributed by atoms with E-state index in [0.29, 0.717) is 13.0 Å². The summed E-state index contributed by atoms with van der Waals surface area (Å²) in [5.74, 6) is -0.177. The number of ether oxygens (including phenoxy) is 2. The van der Waals surface area contributed by atoms with Gasteiger partial charge in [0.15, 0.2) is 0 Å². The average molecular weight is 308 g/mol. The lowest BCUT2D eigenvalue weighted by Gasteiger charge is -2.17. The van der Waals surface area contributed by atoms with Gasteiger partial charge in [0.25, 0.3) is 0 Å². The Balaban J connectivity index is 2.34. The average Bonchev–Trinajstić information content (AvgIpc) is 2.51. The minimum absolute atomic E-state index is 0.177. The molecule has 0 heterocycles. The van der Waals surface area contributed by atoms with Crippen LogP contribution in [0.3, 0.4) is 0 Å². The molecule has 1 rings (SSSR count). The Labute approximate surface area is 133 Å². The molecular formula is C18H28O4. The molecule has 1 aromatic rings. The Bertz CT molecular complexity index is 414. The summed E-state index contributed by atoms with van der Waals surface area (Å²) in [6, 6.07) is 8.40. The van der Waals surface area contributed by atoms with Crippen molar-refractivity contribution in [3.05, 3.63) is 35.4 Å². The first-order valence-corrected chi connectivity index (χ1v) is 8.00. The predicted molar refractivity (Wildman–Crippen MR) is 86.8 cm³/mol. The minimum Gasteiger partial charge on any atom is -0.460 e. The van der Waals surface area contributed by atoms with Crippen LogP contribution in [0.15, 0.2) is 24.3 Å². The summed E-state index contributed by atoms with van der Waals surface area (Å²) in [4.78, 5) is 11.8. The molecule has 22 heavy (non-hydrogen) atoms. The molecule has 0 bridgehead atoms. The normalized spacial score (nSPS) is 12.1. The molecule has 0 aliphatic heterocycles. The molecule has 1 unspecified atom stereocenters. The summed E-state index contributed by atoms with van der Waals surface area (Å²) in [5, 5.41) is 8.71. The lowest BCUT2D eigenvalue weighted by molar-refractivity contribution is -0.152. The van der Waals surface area contributed by atoms with Crippen molar-refractivity contribution >= 4 is 5.97 Å². The van der Waals surface area contributed by atoms with E-state index in [9.17, 15) is 4.79 Å². The summed E-state index contributed by atoms with van der Waals surface area (Å²) in [5.41, 5.74) is 2.48. The van der Waals surface area contributed by atoms with Crippen LogP contribution in [-0.4, -0.2) is 37.5 Å². The van der Waals surface area contributed by atoms with Crippen molar-refractivity contribution in [2.75, 3.05) is 20.3 Å². The highest BCUT2D eigenvalue weighted by molar-refractivity contribution is 5.69. The SMILES string of the molecule is COCC(CCc1ccc(C)cc1)OC(=O)CCCCCO. The van der Waals surface area contributed by atoms with Gasteiger partial charge in [-0.3, -0.25) is 4.79 Å². The zero-order valence-corrected chi connectivity index (χ0v) is 13.7. The van der Waals surface area contributed by atoms with Gasteiger partial charge in [-0.1, -0.05) is 36.2 Å². The van der Waals surface area contributed by atoms with Crippen LogP contribution in [0.25, 0.3) is 0 Å². The Morgan fingerprint density at radius 3 is 2.55 bits per heavy atom. The third kappa shape index (κ3) is 8.15. The molecule has 0 aromatic heterocycles. The molecule has 0 spiro atoms. The Morgan fingerprint density at radius 2 is 1.91 bits per heavy atom. The zero-order valence-electron chi connectivity index (χ0n) is 13.7. The monoisotopic (exact) mass is 308 g/mol. The maximum absolute atomic E-state index is 11.8. The Kier molecular flexibility index (Phi) is 9.51. The first-order chi connectivity index (χ1) is 10.7. The first kappa shape index (κ1) is 18.7. The van der Waals surface area contributed by atoms with Crippen LogP contribution >= 0.6 is 0 Å². The highest BCUT2D eigenvalue weighted by Crippen LogP contribution is 2.11. The summed E-state index contributed by atoms with van der Waals surface area (Å²) in [6.07, 6.45) is 4.19. The number of hydrogen-bond acceptors (Lipinski definition) is 4. The lowest BCUT2D eigenvalue weighted by Crippen LogP contribution is -2.23. The molecule has 1 N–H and O–H groups in total. The van der Waals surface area contributed by atoms with Gasteiger partial charge in [0.2, 0.25) is 0 Å². The van der Waals surface area contributed by atoms with E-state index in [1.165, 1.54) is 11.1 Å². The van der Waals surface area contributed by atoms with E-state index in [2.05, 4.69) is 31.2 Å². The number of unbranched alkanes of at least 4 members (excludes halogenated alkanes) is 2. The van der Waals surface area contributed by atoms with E-state index < -0.39 is 0 Å². The fraction of sp³-hybridized carbons (Fsp3) is 0.611. The van der Waals surface area contributed by atoms with Crippen LogP contribution < -0.4 is 0 Å². The predicted octanol–water partition coefficient (Wildman–Crippen LogP) is 3.04. The number of aliphatic hydroxyl groups is 1. The van der Waals surface area contributed by atoms with Crippen molar-refractivity contribution in [1.82, 2.24) is 0 Å². The van der Waals surface area contributed by atoms with Gasteiger partial charge in [-0.2, -0.15) is 0 Å². The fourth-order valence-electron chi connectivity index (χ4n) is 2.25. The van der Waals surface area contributed by atoms with E-state index in [4.69, 9.17) is 14.6 Å². The number of hydrogen-bond donors (Lipinski definition) is 1. The number of rotatable bonds is 11. The Morgan fingerprint density at radius 1 is 1.18 bits per heavy atom. The van der Waals surface area contributed by atoms with Crippen molar-refractivity contribution in [2.45, 2.75) is 51.6 Å². The van der Waals surface area contributed by atoms with Crippen LogP contribution in [0.1, 0.15) is 43.2 Å². The molecule has 0 aliphatic rings. The van der Waals surface area contributed by atoms with Crippen molar-refractivity contribution in [3.63, 3.8) is 0 Å². The van der Waals surface area contributed by atoms with E-state index in [-0.39, 0.29) is 18.7 Å². The van der Waals surface area contributed by atoms with E-state index in [1.54, 1.807) is 7.11 Å². The van der Waals surface area contributed by atoms with E-state index in [1.807, 2.05) is 0 Å². The fourth-order valence-corrected chi connectivity index (χ4v) is 2.25. The molecule has 0 amide bonds. The smallest absolute Gasteiger partial charge is 0.306 e. The second-order valence-electron chi connectivity index (χ2n) is 5.63. The molecule has 124 valence electrons. The molecule has 0 saturated heterocycles. The summed E-state index contributed by atoms with van der Waals surface area (Å²) < 4.78 is 10.6. The minimum atomic E-state index is -0.198. The molecule has 4 nitrogen and oxygen atoms in total. The second-order valence-corrected chi connectivity index (χ2v) is 5.63. The van der Waals surface area contributed by atoms with Crippen LogP contribution in [0.2, 0.25) is 0 Å². The van der Waals surface area contributed by atoms with E-state index >= 15 is 0 Å². The van der Waals surface area contributed by atoms with Crippen molar-refractivity contribution in [1.29, 1.82) is 0 Å². The molecule has 0 aliphatic carbocycles. The largest absolute Gasteiger partial charge is 0.460 e. The van der Waals surface area contributed by atoms with Crippen LogP contribution in [0, 0.1) is 6.92 Å².